The first-order valence-corrected chi connectivity index (χ1v) is 7.27. The number of carboxylic acid groups (broad SMARTS) is 1. The fourth-order valence-corrected chi connectivity index (χ4v) is 3.63. The van der Waals surface area contributed by atoms with Gasteiger partial charge in [-0.1, -0.05) is 36.4 Å². The zero-order valence-electron chi connectivity index (χ0n) is 10.4. The minimum Gasteiger partial charge on any atom is -0.478 e. The standard InChI is InChI=1S/C16H14O2S/c17-16(18)14-7-3-4-8-15(14)19-10-12-9-11-5-1-2-6-13(11)12/h1-8,12H,9-10H2,(H,17,18). The van der Waals surface area contributed by atoms with E-state index in [0.29, 0.717) is 11.5 Å². The minimum atomic E-state index is -0.850. The molecule has 19 heavy (non-hydrogen) atoms. The van der Waals surface area contributed by atoms with Gasteiger partial charge in [0.05, 0.1) is 5.56 Å². The maximum absolute atomic E-state index is 11.1. The molecule has 0 aromatic heterocycles. The minimum absolute atomic E-state index is 0.403. The second kappa shape index (κ2) is 5.10. The lowest BCUT2D eigenvalue weighted by Gasteiger charge is -2.29. The molecule has 1 unspecified atom stereocenters. The van der Waals surface area contributed by atoms with Gasteiger partial charge in [-0.25, -0.2) is 4.79 Å². The summed E-state index contributed by atoms with van der Waals surface area (Å²) in [6.07, 6.45) is 1.11. The van der Waals surface area contributed by atoms with Crippen molar-refractivity contribution in [1.82, 2.24) is 0 Å². The van der Waals surface area contributed by atoms with Crippen molar-refractivity contribution in [2.24, 2.45) is 0 Å². The number of carboxylic acids is 1. The summed E-state index contributed by atoms with van der Waals surface area (Å²) in [4.78, 5) is 12.0. The van der Waals surface area contributed by atoms with Crippen molar-refractivity contribution in [1.29, 1.82) is 0 Å². The van der Waals surface area contributed by atoms with Gasteiger partial charge in [0.1, 0.15) is 0 Å². The molecule has 0 amide bonds. The van der Waals surface area contributed by atoms with Gasteiger partial charge < -0.3 is 5.11 Å². The molecule has 0 radical (unpaired) electrons. The molecule has 2 aromatic carbocycles. The molecule has 0 fully saturated rings. The maximum Gasteiger partial charge on any atom is 0.336 e. The molecule has 1 atom stereocenters. The molecular formula is C16H14O2S. The van der Waals surface area contributed by atoms with Crippen molar-refractivity contribution in [3.63, 3.8) is 0 Å². The van der Waals surface area contributed by atoms with Crippen LogP contribution < -0.4 is 0 Å². The Balaban J connectivity index is 1.70. The van der Waals surface area contributed by atoms with Crippen LogP contribution in [0.5, 0.6) is 0 Å². The normalized spacial score (nSPS) is 16.5. The Labute approximate surface area is 116 Å². The van der Waals surface area contributed by atoms with Crippen molar-refractivity contribution in [3.8, 4) is 0 Å². The van der Waals surface area contributed by atoms with E-state index in [2.05, 4.69) is 24.3 Å². The first-order chi connectivity index (χ1) is 9.25. The Kier molecular flexibility index (Phi) is 3.30. The van der Waals surface area contributed by atoms with Crippen molar-refractivity contribution < 1.29 is 9.90 Å². The average molecular weight is 270 g/mol. The molecule has 2 nitrogen and oxygen atoms in total. The number of hydrogen-bond donors (Lipinski definition) is 1. The average Bonchev–Trinajstić information content (AvgIpc) is 2.40. The lowest BCUT2D eigenvalue weighted by molar-refractivity contribution is 0.0693. The van der Waals surface area contributed by atoms with Gasteiger partial charge in [-0.3, -0.25) is 0 Å². The van der Waals surface area contributed by atoms with E-state index in [4.69, 9.17) is 5.11 Å². The Morgan fingerprint density at radius 1 is 1.16 bits per heavy atom. The number of fused-ring (bicyclic) bond motifs is 1. The third-order valence-electron chi connectivity index (χ3n) is 3.52. The van der Waals surface area contributed by atoms with Crippen molar-refractivity contribution in [2.75, 3.05) is 5.75 Å². The number of benzene rings is 2. The van der Waals surface area contributed by atoms with E-state index in [9.17, 15) is 4.79 Å². The summed E-state index contributed by atoms with van der Waals surface area (Å²) < 4.78 is 0. The Morgan fingerprint density at radius 3 is 2.68 bits per heavy atom. The highest BCUT2D eigenvalue weighted by atomic mass is 32.2. The third-order valence-corrected chi connectivity index (χ3v) is 4.75. The van der Waals surface area contributed by atoms with Gasteiger partial charge in [0.25, 0.3) is 0 Å². The molecule has 0 saturated carbocycles. The van der Waals surface area contributed by atoms with Crippen LogP contribution in [0.2, 0.25) is 0 Å². The fourth-order valence-electron chi connectivity index (χ4n) is 2.47. The van der Waals surface area contributed by atoms with E-state index in [-0.39, 0.29) is 0 Å². The number of thioether (sulfide) groups is 1. The first-order valence-electron chi connectivity index (χ1n) is 6.28. The molecular weight excluding hydrogens is 256 g/mol. The smallest absolute Gasteiger partial charge is 0.336 e. The zero-order valence-corrected chi connectivity index (χ0v) is 11.2. The number of hydrogen-bond acceptors (Lipinski definition) is 2. The molecule has 0 heterocycles. The van der Waals surface area contributed by atoms with Crippen LogP contribution in [0, 0.1) is 0 Å². The van der Waals surface area contributed by atoms with Gasteiger partial charge in [0.2, 0.25) is 0 Å². The molecule has 0 bridgehead atoms. The number of carbonyl (C=O) groups is 1. The van der Waals surface area contributed by atoms with E-state index in [1.165, 1.54) is 11.1 Å². The molecule has 2 aromatic rings. The van der Waals surface area contributed by atoms with Gasteiger partial charge in [-0.2, -0.15) is 0 Å². The van der Waals surface area contributed by atoms with Crippen LogP contribution in [0.4, 0.5) is 0 Å². The second-order valence-electron chi connectivity index (χ2n) is 4.71. The zero-order chi connectivity index (χ0) is 13.2. The summed E-state index contributed by atoms with van der Waals surface area (Å²) >= 11 is 1.64. The molecule has 1 aliphatic carbocycles. The van der Waals surface area contributed by atoms with Crippen LogP contribution in [0.1, 0.15) is 27.4 Å². The summed E-state index contributed by atoms with van der Waals surface area (Å²) in [5.74, 6) is 0.654. The highest BCUT2D eigenvalue weighted by molar-refractivity contribution is 7.99. The lowest BCUT2D eigenvalue weighted by atomic mass is 9.79. The summed E-state index contributed by atoms with van der Waals surface area (Å²) in [6.45, 7) is 0. The quantitative estimate of drug-likeness (QED) is 0.858. The molecule has 3 rings (SSSR count). The van der Waals surface area contributed by atoms with Gasteiger partial charge in [0, 0.05) is 10.6 Å². The number of rotatable bonds is 4. The van der Waals surface area contributed by atoms with Gasteiger partial charge >= 0.3 is 5.97 Å². The van der Waals surface area contributed by atoms with Gasteiger partial charge in [-0.15, -0.1) is 11.8 Å². The summed E-state index contributed by atoms with van der Waals surface area (Å²) in [7, 11) is 0. The van der Waals surface area contributed by atoms with Crippen molar-refractivity contribution >= 4 is 17.7 Å². The van der Waals surface area contributed by atoms with Gasteiger partial charge in [0.15, 0.2) is 0 Å². The van der Waals surface area contributed by atoms with Crippen LogP contribution in [0.25, 0.3) is 0 Å². The topological polar surface area (TPSA) is 37.3 Å². The summed E-state index contributed by atoms with van der Waals surface area (Å²) in [6, 6.07) is 15.7. The van der Waals surface area contributed by atoms with E-state index in [1.54, 1.807) is 23.9 Å². The van der Waals surface area contributed by atoms with E-state index in [0.717, 1.165) is 17.1 Å². The van der Waals surface area contributed by atoms with E-state index >= 15 is 0 Å². The third kappa shape index (κ3) is 2.38. The SMILES string of the molecule is O=C(O)c1ccccc1SCC1Cc2ccccc21. The van der Waals surface area contributed by atoms with Crippen LogP contribution in [-0.2, 0) is 6.42 Å². The monoisotopic (exact) mass is 270 g/mol. The van der Waals surface area contributed by atoms with Crippen LogP contribution in [0.15, 0.2) is 53.4 Å². The van der Waals surface area contributed by atoms with Crippen LogP contribution >= 0.6 is 11.8 Å². The Hall–Kier alpha value is -1.74. The molecule has 96 valence electrons. The predicted molar refractivity (Wildman–Crippen MR) is 77.0 cm³/mol. The fraction of sp³-hybridized carbons (Fsp3) is 0.188. The largest absolute Gasteiger partial charge is 0.478 e. The van der Waals surface area contributed by atoms with E-state index < -0.39 is 5.97 Å². The molecule has 0 spiro atoms. The summed E-state index contributed by atoms with van der Waals surface area (Å²) in [5.41, 5.74) is 3.25. The van der Waals surface area contributed by atoms with Crippen LogP contribution in [0.3, 0.4) is 0 Å². The van der Waals surface area contributed by atoms with E-state index in [1.807, 2.05) is 12.1 Å². The molecule has 1 aliphatic rings. The van der Waals surface area contributed by atoms with Crippen molar-refractivity contribution in [2.45, 2.75) is 17.2 Å². The van der Waals surface area contributed by atoms with Crippen molar-refractivity contribution in [3.05, 3.63) is 65.2 Å². The first kappa shape index (κ1) is 12.3. The van der Waals surface area contributed by atoms with Crippen LogP contribution in [-0.4, -0.2) is 16.8 Å². The molecule has 0 aliphatic heterocycles. The molecule has 1 N–H and O–H groups in total. The molecule has 0 saturated heterocycles. The predicted octanol–water partition coefficient (Wildman–Crippen LogP) is 3.82. The highest BCUT2D eigenvalue weighted by Crippen LogP contribution is 2.39. The summed E-state index contributed by atoms with van der Waals surface area (Å²) in [5, 5.41) is 9.15. The maximum atomic E-state index is 11.1. The number of aromatic carboxylic acids is 1. The Morgan fingerprint density at radius 2 is 1.89 bits per heavy atom. The second-order valence-corrected chi connectivity index (χ2v) is 5.77. The molecule has 3 heteroatoms. The highest BCUT2D eigenvalue weighted by Gasteiger charge is 2.25. The van der Waals surface area contributed by atoms with Gasteiger partial charge in [-0.05, 0) is 35.6 Å². The lowest BCUT2D eigenvalue weighted by Crippen LogP contribution is -2.18. The Bertz CT molecular complexity index is 622.